The summed E-state index contributed by atoms with van der Waals surface area (Å²) in [5.74, 6) is -0.404. The highest BCUT2D eigenvalue weighted by Gasteiger charge is 2.22. The van der Waals surface area contributed by atoms with E-state index in [4.69, 9.17) is 0 Å². The first kappa shape index (κ1) is 15.9. The van der Waals surface area contributed by atoms with Gasteiger partial charge < -0.3 is 0 Å². The van der Waals surface area contributed by atoms with E-state index in [0.29, 0.717) is 6.42 Å². The molecule has 0 unspecified atom stereocenters. The molecule has 0 atom stereocenters. The summed E-state index contributed by atoms with van der Waals surface area (Å²) in [6, 6.07) is 12.4. The van der Waals surface area contributed by atoms with Crippen LogP contribution in [0, 0.1) is 10.1 Å². The Kier molecular flexibility index (Phi) is 4.72. The van der Waals surface area contributed by atoms with Gasteiger partial charge in [0, 0.05) is 11.6 Å². The quantitative estimate of drug-likeness (QED) is 0.465. The van der Waals surface area contributed by atoms with Crippen molar-refractivity contribution < 1.29 is 13.3 Å². The molecular weight excluding hydrogens is 302 g/mol. The van der Waals surface area contributed by atoms with Crippen molar-refractivity contribution in [2.24, 2.45) is 0 Å². The van der Waals surface area contributed by atoms with E-state index in [1.807, 2.05) is 0 Å². The second-order valence-corrected chi connectivity index (χ2v) is 6.77. The van der Waals surface area contributed by atoms with Crippen LogP contribution in [0.4, 0.5) is 5.69 Å². The van der Waals surface area contributed by atoms with E-state index in [1.54, 1.807) is 36.4 Å². The van der Waals surface area contributed by atoms with Gasteiger partial charge in [-0.2, -0.15) is 0 Å². The lowest BCUT2D eigenvalue weighted by Gasteiger charge is -2.07. The van der Waals surface area contributed by atoms with E-state index in [-0.39, 0.29) is 16.1 Å². The van der Waals surface area contributed by atoms with E-state index >= 15 is 0 Å². The molecule has 0 saturated heterocycles. The Morgan fingerprint density at radius 2 is 1.82 bits per heavy atom. The molecule has 6 heteroatoms. The monoisotopic (exact) mass is 317 g/mol. The molecule has 114 valence electrons. The molecule has 2 rings (SSSR count). The Labute approximate surface area is 129 Å². The molecule has 0 radical (unpaired) electrons. The maximum absolute atomic E-state index is 12.4. The minimum atomic E-state index is -3.63. The fourth-order valence-electron chi connectivity index (χ4n) is 2.14. The van der Waals surface area contributed by atoms with Crippen LogP contribution in [-0.4, -0.2) is 13.3 Å². The topological polar surface area (TPSA) is 77.3 Å². The van der Waals surface area contributed by atoms with Gasteiger partial charge in [-0.15, -0.1) is 6.58 Å². The Bertz CT molecular complexity index is 798. The Balaban J connectivity index is 2.45. The van der Waals surface area contributed by atoms with Crippen LogP contribution in [0.3, 0.4) is 0 Å². The van der Waals surface area contributed by atoms with E-state index in [0.717, 1.165) is 5.56 Å². The van der Waals surface area contributed by atoms with Crippen molar-refractivity contribution in [3.63, 3.8) is 0 Å². The van der Waals surface area contributed by atoms with Crippen LogP contribution in [0.25, 0.3) is 0 Å². The zero-order valence-corrected chi connectivity index (χ0v) is 12.6. The molecule has 0 amide bonds. The molecule has 0 heterocycles. The van der Waals surface area contributed by atoms with Gasteiger partial charge in [-0.25, -0.2) is 8.42 Å². The first-order valence-electron chi connectivity index (χ1n) is 6.59. The molecule has 0 bridgehead atoms. The van der Waals surface area contributed by atoms with Crippen LogP contribution in [0.5, 0.6) is 0 Å². The number of hydrogen-bond donors (Lipinski definition) is 0. The summed E-state index contributed by atoms with van der Waals surface area (Å²) in [4.78, 5) is 10.7. The van der Waals surface area contributed by atoms with Crippen molar-refractivity contribution in [2.75, 3.05) is 0 Å². The number of nitrogens with zero attached hydrogens (tertiary/aromatic N) is 1. The summed E-state index contributed by atoms with van der Waals surface area (Å²) >= 11 is 0. The number of sulfone groups is 1. The summed E-state index contributed by atoms with van der Waals surface area (Å²) in [5.41, 5.74) is 0.791. The van der Waals surface area contributed by atoms with Crippen LogP contribution in [-0.2, 0) is 22.0 Å². The molecule has 0 spiro atoms. The number of rotatable bonds is 6. The molecule has 5 nitrogen and oxygen atoms in total. The van der Waals surface area contributed by atoms with Crippen molar-refractivity contribution in [3.05, 3.63) is 82.4 Å². The molecule has 0 aromatic heterocycles. The van der Waals surface area contributed by atoms with E-state index in [9.17, 15) is 18.5 Å². The fraction of sp³-hybridized carbons (Fsp3) is 0.125. The first-order chi connectivity index (χ1) is 10.4. The number of hydrogen-bond acceptors (Lipinski definition) is 4. The maximum Gasteiger partial charge on any atom is 0.273 e. The average molecular weight is 317 g/mol. The molecule has 0 fully saturated rings. The minimum Gasteiger partial charge on any atom is -0.258 e. The van der Waals surface area contributed by atoms with Crippen LogP contribution >= 0.6 is 0 Å². The molecule has 0 aliphatic heterocycles. The van der Waals surface area contributed by atoms with Gasteiger partial charge in [-0.1, -0.05) is 30.3 Å². The molecule has 22 heavy (non-hydrogen) atoms. The standard InChI is InChI=1S/C16H15NO4S/c1-2-6-13-9-10-16(17(18)19)14(11-13)12-22(20,21)15-7-4-3-5-8-15/h2-5,7-11H,1,6,12H2. The maximum atomic E-state index is 12.4. The highest BCUT2D eigenvalue weighted by atomic mass is 32.2. The van der Waals surface area contributed by atoms with Crippen LogP contribution in [0.2, 0.25) is 0 Å². The zero-order valence-electron chi connectivity index (χ0n) is 11.8. The van der Waals surface area contributed by atoms with Gasteiger partial charge in [-0.3, -0.25) is 10.1 Å². The normalized spacial score (nSPS) is 11.1. The van der Waals surface area contributed by atoms with Gasteiger partial charge in [0.05, 0.1) is 15.6 Å². The third kappa shape index (κ3) is 3.59. The summed E-state index contributed by atoms with van der Waals surface area (Å²) in [6.45, 7) is 3.61. The zero-order chi connectivity index (χ0) is 16.2. The average Bonchev–Trinajstić information content (AvgIpc) is 2.48. The predicted molar refractivity (Wildman–Crippen MR) is 84.3 cm³/mol. The molecule has 0 saturated carbocycles. The van der Waals surface area contributed by atoms with E-state index < -0.39 is 20.5 Å². The smallest absolute Gasteiger partial charge is 0.258 e. The van der Waals surface area contributed by atoms with Gasteiger partial charge in [0.15, 0.2) is 9.84 Å². The Hall–Kier alpha value is -2.47. The lowest BCUT2D eigenvalue weighted by atomic mass is 10.1. The second kappa shape index (κ2) is 6.53. The second-order valence-electron chi connectivity index (χ2n) is 4.79. The molecule has 2 aromatic rings. The Morgan fingerprint density at radius 1 is 1.14 bits per heavy atom. The third-order valence-electron chi connectivity index (χ3n) is 3.17. The molecular formula is C16H15NO4S. The molecule has 0 aliphatic rings. The summed E-state index contributed by atoms with van der Waals surface area (Å²) in [6.07, 6.45) is 2.19. The molecule has 2 aromatic carbocycles. The SMILES string of the molecule is C=CCc1ccc([N+](=O)[O-])c(CS(=O)(=O)c2ccccc2)c1. The molecule has 0 aliphatic carbocycles. The number of benzene rings is 2. The van der Waals surface area contributed by atoms with Gasteiger partial charge in [0.2, 0.25) is 0 Å². The van der Waals surface area contributed by atoms with Gasteiger partial charge >= 0.3 is 0 Å². The van der Waals surface area contributed by atoms with Crippen molar-refractivity contribution in [1.29, 1.82) is 0 Å². The van der Waals surface area contributed by atoms with Gasteiger partial charge in [0.25, 0.3) is 5.69 Å². The highest BCUT2D eigenvalue weighted by Crippen LogP contribution is 2.25. The van der Waals surface area contributed by atoms with E-state index in [1.165, 1.54) is 18.2 Å². The minimum absolute atomic E-state index is 0.151. The fourth-order valence-corrected chi connectivity index (χ4v) is 3.52. The number of nitro groups is 1. The van der Waals surface area contributed by atoms with Crippen LogP contribution in [0.1, 0.15) is 11.1 Å². The van der Waals surface area contributed by atoms with Gasteiger partial charge in [-0.05, 0) is 30.2 Å². The summed E-state index contributed by atoms with van der Waals surface area (Å²) in [5, 5.41) is 11.1. The lowest BCUT2D eigenvalue weighted by molar-refractivity contribution is -0.385. The first-order valence-corrected chi connectivity index (χ1v) is 8.24. The Morgan fingerprint density at radius 3 is 2.41 bits per heavy atom. The summed E-state index contributed by atoms with van der Waals surface area (Å²) in [7, 11) is -3.63. The van der Waals surface area contributed by atoms with Crippen molar-refractivity contribution in [1.82, 2.24) is 0 Å². The van der Waals surface area contributed by atoms with Crippen LogP contribution in [0.15, 0.2) is 66.1 Å². The van der Waals surface area contributed by atoms with Crippen molar-refractivity contribution >= 4 is 15.5 Å². The lowest BCUT2D eigenvalue weighted by Crippen LogP contribution is -2.07. The van der Waals surface area contributed by atoms with Crippen molar-refractivity contribution in [3.8, 4) is 0 Å². The third-order valence-corrected chi connectivity index (χ3v) is 4.85. The largest absolute Gasteiger partial charge is 0.273 e. The van der Waals surface area contributed by atoms with E-state index in [2.05, 4.69) is 6.58 Å². The number of allylic oxidation sites excluding steroid dienone is 1. The number of nitro benzene ring substituents is 1. The van der Waals surface area contributed by atoms with Gasteiger partial charge in [0.1, 0.15) is 0 Å². The highest BCUT2D eigenvalue weighted by molar-refractivity contribution is 7.90. The van der Waals surface area contributed by atoms with Crippen LogP contribution < -0.4 is 0 Å². The van der Waals surface area contributed by atoms with Crippen molar-refractivity contribution in [2.45, 2.75) is 17.1 Å². The molecule has 0 N–H and O–H groups in total. The predicted octanol–water partition coefficient (Wildman–Crippen LogP) is 3.30. The summed E-state index contributed by atoms with van der Waals surface area (Å²) < 4.78 is 24.8.